The summed E-state index contributed by atoms with van der Waals surface area (Å²) in [7, 11) is 2.14. The number of imidazole rings is 1. The summed E-state index contributed by atoms with van der Waals surface area (Å²) in [5, 5.41) is 0. The molecule has 3 nitrogen and oxygen atoms in total. The zero-order valence-electron chi connectivity index (χ0n) is 15.1. The van der Waals surface area contributed by atoms with Gasteiger partial charge in [0.1, 0.15) is 5.69 Å². The summed E-state index contributed by atoms with van der Waals surface area (Å²) in [6.07, 6.45) is 1.88. The minimum Gasteiger partial charge on any atom is -0.261 e. The van der Waals surface area contributed by atoms with Crippen molar-refractivity contribution in [3.05, 3.63) is 77.6 Å². The molecule has 0 aliphatic heterocycles. The Morgan fingerprint density at radius 3 is 2.32 bits per heavy atom. The summed E-state index contributed by atoms with van der Waals surface area (Å²) in [6.45, 7) is 6.41. The summed E-state index contributed by atoms with van der Waals surface area (Å²) in [5.74, 6) is 1.17. The van der Waals surface area contributed by atoms with Gasteiger partial charge in [-0.3, -0.25) is 4.98 Å². The predicted octanol–water partition coefficient (Wildman–Crippen LogP) is 4.44. The van der Waals surface area contributed by atoms with Crippen molar-refractivity contribution in [1.82, 2.24) is 9.55 Å². The molecule has 0 aliphatic rings. The molecule has 0 unspecified atom stereocenters. The number of hydrogen-bond donors (Lipinski definition) is 0. The van der Waals surface area contributed by atoms with Crippen LogP contribution in [0.1, 0.15) is 16.8 Å². The number of aromatic nitrogens is 3. The van der Waals surface area contributed by atoms with Crippen LogP contribution in [0.15, 0.2) is 60.8 Å². The Labute approximate surface area is 148 Å². The lowest BCUT2D eigenvalue weighted by Crippen LogP contribution is -2.30. The molecule has 0 radical (unpaired) electrons. The molecule has 0 saturated carbocycles. The van der Waals surface area contributed by atoms with E-state index in [0.29, 0.717) is 0 Å². The molecule has 0 aliphatic carbocycles. The third-order valence-electron chi connectivity index (χ3n) is 4.94. The average molecular weight is 328 g/mol. The SMILES string of the molecule is Cc1ccccc1-n1c(-c2c(C)ccnc2C)[n+](C)c2ccccc21. The Hall–Kier alpha value is -2.94. The van der Waals surface area contributed by atoms with Gasteiger partial charge in [0.25, 0.3) is 5.82 Å². The molecule has 0 fully saturated rings. The smallest absolute Gasteiger partial charge is 0.261 e. The highest BCUT2D eigenvalue weighted by atomic mass is 15.2. The number of para-hydroxylation sites is 3. The van der Waals surface area contributed by atoms with Crippen molar-refractivity contribution in [2.24, 2.45) is 7.05 Å². The Morgan fingerprint density at radius 1 is 0.840 bits per heavy atom. The van der Waals surface area contributed by atoms with Gasteiger partial charge < -0.3 is 0 Å². The van der Waals surface area contributed by atoms with E-state index < -0.39 is 0 Å². The van der Waals surface area contributed by atoms with E-state index in [4.69, 9.17) is 0 Å². The Morgan fingerprint density at radius 2 is 1.56 bits per heavy atom. The number of fused-ring (bicyclic) bond motifs is 1. The largest absolute Gasteiger partial charge is 0.296 e. The van der Waals surface area contributed by atoms with E-state index in [1.165, 1.54) is 39.2 Å². The van der Waals surface area contributed by atoms with Gasteiger partial charge in [0.2, 0.25) is 0 Å². The molecule has 124 valence electrons. The molecule has 0 spiro atoms. The molecular weight excluding hydrogens is 306 g/mol. The van der Waals surface area contributed by atoms with Gasteiger partial charge in [0.15, 0.2) is 11.0 Å². The molecule has 0 saturated heterocycles. The fourth-order valence-corrected chi connectivity index (χ4v) is 3.69. The van der Waals surface area contributed by atoms with E-state index in [-0.39, 0.29) is 0 Å². The van der Waals surface area contributed by atoms with E-state index >= 15 is 0 Å². The third kappa shape index (κ3) is 2.35. The zero-order valence-corrected chi connectivity index (χ0v) is 15.1. The normalized spacial score (nSPS) is 11.2. The minimum absolute atomic E-state index is 1.05. The minimum atomic E-state index is 1.05. The van der Waals surface area contributed by atoms with E-state index in [9.17, 15) is 0 Å². The molecule has 2 heterocycles. The molecule has 4 aromatic rings. The van der Waals surface area contributed by atoms with Gasteiger partial charge in [-0.15, -0.1) is 0 Å². The van der Waals surface area contributed by atoms with E-state index in [2.05, 4.69) is 96.5 Å². The third-order valence-corrected chi connectivity index (χ3v) is 4.94. The second-order valence-electron chi connectivity index (χ2n) is 6.58. The molecule has 0 amide bonds. The Balaban J connectivity index is 2.21. The highest BCUT2D eigenvalue weighted by Crippen LogP contribution is 2.31. The lowest BCUT2D eigenvalue weighted by molar-refractivity contribution is -0.633. The quantitative estimate of drug-likeness (QED) is 0.499. The molecular formula is C22H22N3+. The van der Waals surface area contributed by atoms with Crippen molar-refractivity contribution in [1.29, 1.82) is 0 Å². The molecule has 3 heteroatoms. The number of hydrogen-bond acceptors (Lipinski definition) is 1. The van der Waals surface area contributed by atoms with Gasteiger partial charge in [-0.25, -0.2) is 4.57 Å². The van der Waals surface area contributed by atoms with Crippen molar-refractivity contribution in [3.63, 3.8) is 0 Å². The highest BCUT2D eigenvalue weighted by molar-refractivity contribution is 5.80. The van der Waals surface area contributed by atoms with Crippen LogP contribution in [0.2, 0.25) is 0 Å². The van der Waals surface area contributed by atoms with Crippen LogP contribution < -0.4 is 4.57 Å². The van der Waals surface area contributed by atoms with Crippen molar-refractivity contribution in [2.75, 3.05) is 0 Å². The first-order valence-electron chi connectivity index (χ1n) is 8.57. The molecule has 0 N–H and O–H groups in total. The van der Waals surface area contributed by atoms with Crippen LogP contribution in [0.5, 0.6) is 0 Å². The summed E-state index contributed by atoms with van der Waals surface area (Å²) < 4.78 is 4.64. The van der Waals surface area contributed by atoms with Crippen molar-refractivity contribution < 1.29 is 4.57 Å². The van der Waals surface area contributed by atoms with Gasteiger partial charge in [0, 0.05) is 6.20 Å². The molecule has 2 aromatic heterocycles. The maximum absolute atomic E-state index is 4.56. The molecule has 25 heavy (non-hydrogen) atoms. The van der Waals surface area contributed by atoms with Crippen LogP contribution in [0.25, 0.3) is 28.1 Å². The number of aryl methyl sites for hydroxylation is 4. The van der Waals surface area contributed by atoms with Crippen molar-refractivity contribution in [3.8, 4) is 17.1 Å². The molecule has 0 atom stereocenters. The van der Waals surface area contributed by atoms with E-state index in [1.807, 2.05) is 6.20 Å². The lowest BCUT2D eigenvalue weighted by Gasteiger charge is -2.09. The summed E-state index contributed by atoms with van der Waals surface area (Å²) in [5.41, 5.74) is 8.36. The highest BCUT2D eigenvalue weighted by Gasteiger charge is 2.28. The van der Waals surface area contributed by atoms with Crippen LogP contribution in [0.3, 0.4) is 0 Å². The van der Waals surface area contributed by atoms with E-state index in [0.717, 1.165) is 5.69 Å². The molecule has 0 bridgehead atoms. The van der Waals surface area contributed by atoms with Gasteiger partial charge in [0.05, 0.1) is 18.3 Å². The van der Waals surface area contributed by atoms with Gasteiger partial charge >= 0.3 is 0 Å². The molecule has 4 rings (SSSR count). The van der Waals surface area contributed by atoms with Crippen LogP contribution in [0, 0.1) is 20.8 Å². The van der Waals surface area contributed by atoms with Crippen LogP contribution in [0.4, 0.5) is 0 Å². The first-order valence-corrected chi connectivity index (χ1v) is 8.57. The maximum Gasteiger partial charge on any atom is 0.296 e. The van der Waals surface area contributed by atoms with Crippen LogP contribution >= 0.6 is 0 Å². The summed E-state index contributed by atoms with van der Waals surface area (Å²) in [6, 6.07) is 19.2. The predicted molar refractivity (Wildman–Crippen MR) is 102 cm³/mol. The van der Waals surface area contributed by atoms with Gasteiger partial charge in [-0.1, -0.05) is 30.3 Å². The number of benzene rings is 2. The summed E-state index contributed by atoms with van der Waals surface area (Å²) in [4.78, 5) is 4.56. The standard InChI is InChI=1S/C22H22N3/c1-15-9-5-6-10-18(15)25-20-12-8-7-11-19(20)24(4)22(25)21-16(2)13-14-23-17(21)3/h5-14H,1-4H3/q+1. The zero-order chi connectivity index (χ0) is 17.6. The Kier molecular flexibility index (Phi) is 3.65. The van der Waals surface area contributed by atoms with Crippen LogP contribution in [-0.4, -0.2) is 9.55 Å². The van der Waals surface area contributed by atoms with Gasteiger partial charge in [-0.2, -0.15) is 4.57 Å². The number of nitrogens with zero attached hydrogens (tertiary/aromatic N) is 3. The topological polar surface area (TPSA) is 21.7 Å². The fraction of sp³-hybridized carbons (Fsp3) is 0.182. The Bertz CT molecular complexity index is 1070. The van der Waals surface area contributed by atoms with Crippen molar-refractivity contribution >= 4 is 11.0 Å². The second kappa shape index (κ2) is 5.85. The number of pyridine rings is 1. The first kappa shape index (κ1) is 15.6. The van der Waals surface area contributed by atoms with E-state index in [1.54, 1.807) is 0 Å². The lowest BCUT2D eigenvalue weighted by atomic mass is 10.1. The van der Waals surface area contributed by atoms with Gasteiger partial charge in [-0.05, 0) is 56.2 Å². The van der Waals surface area contributed by atoms with Crippen LogP contribution in [-0.2, 0) is 7.05 Å². The summed E-state index contributed by atoms with van der Waals surface area (Å²) >= 11 is 0. The maximum atomic E-state index is 4.56. The average Bonchev–Trinajstić information content (AvgIpc) is 2.89. The fourth-order valence-electron chi connectivity index (χ4n) is 3.69. The monoisotopic (exact) mass is 328 g/mol. The number of rotatable bonds is 2. The molecule has 2 aromatic carbocycles. The first-order chi connectivity index (χ1) is 12.1. The second-order valence-corrected chi connectivity index (χ2v) is 6.58. The van der Waals surface area contributed by atoms with Crippen molar-refractivity contribution in [2.45, 2.75) is 20.8 Å².